The van der Waals surface area contributed by atoms with E-state index in [1.54, 1.807) is 30.5 Å². The predicted molar refractivity (Wildman–Crippen MR) is 87.2 cm³/mol. The quantitative estimate of drug-likeness (QED) is 0.574. The molecule has 3 aromatic rings. The van der Waals surface area contributed by atoms with Gasteiger partial charge in [0, 0.05) is 10.6 Å². The van der Waals surface area contributed by atoms with Gasteiger partial charge in [-0.1, -0.05) is 23.7 Å². The van der Waals surface area contributed by atoms with Gasteiger partial charge in [-0.15, -0.1) is 0 Å². The maximum atomic E-state index is 12.9. The molecule has 0 radical (unpaired) electrons. The Kier molecular flexibility index (Phi) is 4.13. The van der Waals surface area contributed by atoms with Crippen molar-refractivity contribution in [2.45, 2.75) is 0 Å². The van der Waals surface area contributed by atoms with E-state index in [1.165, 1.54) is 16.8 Å². The number of hydrogen-bond acceptors (Lipinski definition) is 3. The summed E-state index contributed by atoms with van der Waals surface area (Å²) < 4.78 is 14.8. The third-order valence-corrected chi connectivity index (χ3v) is 3.46. The van der Waals surface area contributed by atoms with E-state index in [0.29, 0.717) is 15.6 Å². The van der Waals surface area contributed by atoms with Crippen LogP contribution in [0, 0.1) is 10.6 Å². The van der Waals surface area contributed by atoms with Crippen LogP contribution in [0.2, 0.25) is 5.02 Å². The Hall–Kier alpha value is -2.31. The molecule has 1 N–H and O–H groups in total. The van der Waals surface area contributed by atoms with Crippen molar-refractivity contribution in [1.82, 2.24) is 14.9 Å². The van der Waals surface area contributed by atoms with Gasteiger partial charge in [-0.25, -0.2) is 9.49 Å². The molecule has 4 nitrogen and oxygen atoms in total. The van der Waals surface area contributed by atoms with Crippen LogP contribution in [0.1, 0.15) is 5.56 Å². The lowest BCUT2D eigenvalue weighted by atomic mass is 10.2. The highest BCUT2D eigenvalue weighted by Crippen LogP contribution is 2.19. The van der Waals surface area contributed by atoms with Crippen LogP contribution >= 0.6 is 23.8 Å². The first-order chi connectivity index (χ1) is 10.6. The largest absolute Gasteiger partial charge is 0.250 e. The minimum Gasteiger partial charge on any atom is -0.250 e. The zero-order valence-corrected chi connectivity index (χ0v) is 12.8. The Morgan fingerprint density at radius 1 is 1.14 bits per heavy atom. The third-order valence-electron chi connectivity index (χ3n) is 2.95. The molecule has 0 aliphatic rings. The molecule has 3 rings (SSSR count). The minimum absolute atomic E-state index is 0.293. The summed E-state index contributed by atoms with van der Waals surface area (Å²) in [5.74, 6) is 0.277. The molecule has 110 valence electrons. The van der Waals surface area contributed by atoms with E-state index in [2.05, 4.69) is 15.3 Å². The summed E-state index contributed by atoms with van der Waals surface area (Å²) in [7, 11) is 0. The smallest absolute Gasteiger partial charge is 0.216 e. The van der Waals surface area contributed by atoms with Crippen LogP contribution in [0.5, 0.6) is 0 Å². The summed E-state index contributed by atoms with van der Waals surface area (Å²) in [5.41, 5.74) is 1.58. The van der Waals surface area contributed by atoms with Crippen molar-refractivity contribution in [2.75, 3.05) is 0 Å². The van der Waals surface area contributed by atoms with E-state index in [4.69, 9.17) is 23.8 Å². The molecule has 1 heterocycles. The van der Waals surface area contributed by atoms with Gasteiger partial charge in [0.05, 0.1) is 6.21 Å². The van der Waals surface area contributed by atoms with Gasteiger partial charge in [-0.05, 0) is 54.2 Å². The lowest BCUT2D eigenvalue weighted by Crippen LogP contribution is -1.95. The second-order valence-electron chi connectivity index (χ2n) is 4.47. The molecule has 0 saturated carbocycles. The number of benzene rings is 2. The van der Waals surface area contributed by atoms with E-state index in [-0.39, 0.29) is 5.82 Å². The zero-order valence-electron chi connectivity index (χ0n) is 11.2. The van der Waals surface area contributed by atoms with E-state index in [9.17, 15) is 4.39 Å². The number of aromatic amines is 1. The average Bonchev–Trinajstić information content (AvgIpc) is 2.89. The molecule has 0 aliphatic heterocycles. The molecule has 2 aromatic carbocycles. The lowest BCUT2D eigenvalue weighted by Gasteiger charge is -2.01. The first-order valence-electron chi connectivity index (χ1n) is 6.37. The van der Waals surface area contributed by atoms with Gasteiger partial charge >= 0.3 is 0 Å². The van der Waals surface area contributed by atoms with Gasteiger partial charge in [-0.2, -0.15) is 14.9 Å². The molecular weight excluding hydrogens is 323 g/mol. The molecule has 1 aromatic heterocycles. The maximum absolute atomic E-state index is 12.9. The molecule has 0 amide bonds. The van der Waals surface area contributed by atoms with Crippen LogP contribution < -0.4 is 0 Å². The third kappa shape index (κ3) is 3.13. The van der Waals surface area contributed by atoms with Crippen LogP contribution in [-0.4, -0.2) is 21.1 Å². The van der Waals surface area contributed by atoms with Gasteiger partial charge < -0.3 is 0 Å². The van der Waals surface area contributed by atoms with Gasteiger partial charge in [-0.3, -0.25) is 0 Å². The molecule has 0 fully saturated rings. The van der Waals surface area contributed by atoms with Crippen LogP contribution in [0.4, 0.5) is 4.39 Å². The van der Waals surface area contributed by atoms with Gasteiger partial charge in [0.15, 0.2) is 5.82 Å². The molecule has 0 spiro atoms. The first-order valence-corrected chi connectivity index (χ1v) is 7.15. The van der Waals surface area contributed by atoms with Crippen LogP contribution in [0.15, 0.2) is 53.6 Å². The van der Waals surface area contributed by atoms with Crippen molar-refractivity contribution >= 4 is 30.0 Å². The van der Waals surface area contributed by atoms with Crippen molar-refractivity contribution < 1.29 is 4.39 Å². The number of hydrogen-bond donors (Lipinski definition) is 1. The lowest BCUT2D eigenvalue weighted by molar-refractivity contribution is 0.628. The van der Waals surface area contributed by atoms with Crippen molar-refractivity contribution in [2.24, 2.45) is 5.10 Å². The number of rotatable bonds is 3. The second-order valence-corrected chi connectivity index (χ2v) is 5.29. The molecule has 0 atom stereocenters. The van der Waals surface area contributed by atoms with E-state index in [0.717, 1.165) is 11.1 Å². The molecular formula is C15H10ClFN4S. The molecule has 0 bridgehead atoms. The SMILES string of the molecule is Fc1ccc(/C=N/n2c(-c3ccc(Cl)cc3)n[nH]c2=S)cc1. The molecule has 0 saturated heterocycles. The van der Waals surface area contributed by atoms with Gasteiger partial charge in [0.25, 0.3) is 0 Å². The number of nitrogens with one attached hydrogen (secondary N) is 1. The van der Waals surface area contributed by atoms with Gasteiger partial charge in [0.1, 0.15) is 5.82 Å². The van der Waals surface area contributed by atoms with Crippen molar-refractivity contribution in [3.05, 3.63) is 69.7 Å². The minimum atomic E-state index is -0.293. The van der Waals surface area contributed by atoms with Crippen molar-refractivity contribution in [1.29, 1.82) is 0 Å². The molecule has 0 unspecified atom stereocenters. The summed E-state index contributed by atoms with van der Waals surface area (Å²) in [6.07, 6.45) is 1.59. The van der Waals surface area contributed by atoms with E-state index in [1.807, 2.05) is 12.1 Å². The second kappa shape index (κ2) is 6.21. The Balaban J connectivity index is 1.97. The first kappa shape index (κ1) is 14.6. The summed E-state index contributed by atoms with van der Waals surface area (Å²) in [5, 5.41) is 11.8. The topological polar surface area (TPSA) is 46.0 Å². The number of H-pyrrole nitrogens is 1. The Labute approximate surface area is 135 Å². The fraction of sp³-hybridized carbons (Fsp3) is 0. The summed E-state index contributed by atoms with van der Waals surface area (Å²) in [6.45, 7) is 0. The number of halogens is 2. The summed E-state index contributed by atoms with van der Waals surface area (Å²) >= 11 is 11.1. The van der Waals surface area contributed by atoms with Crippen molar-refractivity contribution in [3.63, 3.8) is 0 Å². The molecule has 7 heteroatoms. The Morgan fingerprint density at radius 2 is 1.82 bits per heavy atom. The van der Waals surface area contributed by atoms with Crippen LogP contribution in [-0.2, 0) is 0 Å². The highest BCUT2D eigenvalue weighted by atomic mass is 35.5. The standard InChI is InChI=1S/C15H10ClFN4S/c16-12-5-3-11(4-6-12)14-19-20-15(22)21(14)18-9-10-1-7-13(17)8-2-10/h1-9H,(H,20,22)/b18-9+. The average molecular weight is 333 g/mol. The summed E-state index contributed by atoms with van der Waals surface area (Å²) in [4.78, 5) is 0. The fourth-order valence-corrected chi connectivity index (χ4v) is 2.16. The molecule has 0 aliphatic carbocycles. The normalized spacial score (nSPS) is 11.2. The fourth-order valence-electron chi connectivity index (χ4n) is 1.86. The maximum Gasteiger partial charge on any atom is 0.216 e. The number of nitrogens with zero attached hydrogens (tertiary/aromatic N) is 3. The van der Waals surface area contributed by atoms with Crippen molar-refractivity contribution in [3.8, 4) is 11.4 Å². The summed E-state index contributed by atoms with van der Waals surface area (Å²) in [6, 6.07) is 13.2. The Morgan fingerprint density at radius 3 is 2.50 bits per heavy atom. The zero-order chi connectivity index (χ0) is 15.5. The highest BCUT2D eigenvalue weighted by molar-refractivity contribution is 7.71. The molecule has 22 heavy (non-hydrogen) atoms. The van der Waals surface area contributed by atoms with E-state index < -0.39 is 0 Å². The monoisotopic (exact) mass is 332 g/mol. The van der Waals surface area contributed by atoms with Crippen LogP contribution in [0.25, 0.3) is 11.4 Å². The number of aromatic nitrogens is 3. The predicted octanol–water partition coefficient (Wildman–Crippen LogP) is 4.28. The van der Waals surface area contributed by atoms with Gasteiger partial charge in [0.2, 0.25) is 4.77 Å². The highest BCUT2D eigenvalue weighted by Gasteiger charge is 2.07. The van der Waals surface area contributed by atoms with E-state index >= 15 is 0 Å². The van der Waals surface area contributed by atoms with Crippen LogP contribution in [0.3, 0.4) is 0 Å². The Bertz CT molecular complexity index is 866.